The first-order valence-corrected chi connectivity index (χ1v) is 16.4. The standard InChI is InChI=1S/C35H39BrF2N2O5/c1-4-39(26-17-24(37)16-25(38)18-26)35(42)32-23-40(27-19-29(43-3)21-30(20-27)44-5-2)33-22-28(12-13-31(33)34(32)41)45-15-11-9-7-6-8-10-14-36/h12-13,16-23H,4-11,14-15H2,1-3H3. The minimum Gasteiger partial charge on any atom is -0.497 e. The van der Waals surface area contributed by atoms with Gasteiger partial charge in [0.05, 0.1) is 31.5 Å². The van der Waals surface area contributed by atoms with Gasteiger partial charge >= 0.3 is 0 Å². The second-order valence-electron chi connectivity index (χ2n) is 10.6. The number of unbranched alkanes of at least 4 members (excludes halogenated alkanes) is 5. The van der Waals surface area contributed by atoms with Gasteiger partial charge in [0.25, 0.3) is 5.91 Å². The van der Waals surface area contributed by atoms with Crippen LogP contribution in [0.5, 0.6) is 17.2 Å². The van der Waals surface area contributed by atoms with Crippen molar-refractivity contribution < 1.29 is 27.8 Å². The van der Waals surface area contributed by atoms with Crippen LogP contribution >= 0.6 is 15.9 Å². The second-order valence-corrected chi connectivity index (χ2v) is 11.3. The Bertz CT molecular complexity index is 1660. The van der Waals surface area contributed by atoms with Crippen molar-refractivity contribution in [2.24, 2.45) is 0 Å². The number of rotatable bonds is 16. The Morgan fingerprint density at radius 3 is 2.20 bits per heavy atom. The van der Waals surface area contributed by atoms with E-state index in [9.17, 15) is 18.4 Å². The van der Waals surface area contributed by atoms with Gasteiger partial charge in [-0.3, -0.25) is 9.59 Å². The quantitative estimate of drug-likeness (QED) is 0.0875. The molecule has 240 valence electrons. The summed E-state index contributed by atoms with van der Waals surface area (Å²) in [6.07, 6.45) is 8.17. The van der Waals surface area contributed by atoms with Gasteiger partial charge in [0.2, 0.25) is 5.43 Å². The molecule has 0 N–H and O–H groups in total. The molecule has 7 nitrogen and oxygen atoms in total. The lowest BCUT2D eigenvalue weighted by Gasteiger charge is -2.22. The molecule has 0 fully saturated rings. The van der Waals surface area contributed by atoms with E-state index in [-0.39, 0.29) is 23.2 Å². The zero-order valence-electron chi connectivity index (χ0n) is 25.9. The van der Waals surface area contributed by atoms with E-state index in [1.807, 2.05) is 6.92 Å². The highest BCUT2D eigenvalue weighted by atomic mass is 79.9. The normalized spacial score (nSPS) is 11.1. The van der Waals surface area contributed by atoms with E-state index in [2.05, 4.69) is 15.9 Å². The van der Waals surface area contributed by atoms with Gasteiger partial charge in [0, 0.05) is 59.5 Å². The smallest absolute Gasteiger partial charge is 0.263 e. The lowest BCUT2D eigenvalue weighted by Crippen LogP contribution is -2.35. The number of alkyl halides is 1. The van der Waals surface area contributed by atoms with Crippen LogP contribution in [0.3, 0.4) is 0 Å². The Morgan fingerprint density at radius 2 is 1.53 bits per heavy atom. The highest BCUT2D eigenvalue weighted by molar-refractivity contribution is 9.09. The third-order valence-electron chi connectivity index (χ3n) is 7.41. The molecule has 4 rings (SSSR count). The number of pyridine rings is 1. The number of aromatic nitrogens is 1. The number of methoxy groups -OCH3 is 1. The molecule has 0 unspecified atom stereocenters. The molecule has 45 heavy (non-hydrogen) atoms. The summed E-state index contributed by atoms with van der Waals surface area (Å²) in [5.74, 6) is -0.687. The minimum atomic E-state index is -0.825. The van der Waals surface area contributed by atoms with E-state index in [0.29, 0.717) is 41.7 Å². The van der Waals surface area contributed by atoms with Crippen LogP contribution in [0, 0.1) is 11.6 Å². The lowest BCUT2D eigenvalue weighted by atomic mass is 10.1. The second kappa shape index (κ2) is 16.4. The first-order chi connectivity index (χ1) is 21.8. The van der Waals surface area contributed by atoms with Crippen molar-refractivity contribution in [3.05, 3.63) is 88.2 Å². The zero-order chi connectivity index (χ0) is 32.3. The van der Waals surface area contributed by atoms with Gasteiger partial charge in [-0.1, -0.05) is 41.6 Å². The van der Waals surface area contributed by atoms with Crippen LogP contribution in [-0.4, -0.2) is 42.7 Å². The van der Waals surface area contributed by atoms with E-state index in [1.165, 1.54) is 37.5 Å². The van der Waals surface area contributed by atoms with Gasteiger partial charge < -0.3 is 23.7 Å². The monoisotopic (exact) mass is 684 g/mol. The van der Waals surface area contributed by atoms with E-state index in [4.69, 9.17) is 14.2 Å². The summed E-state index contributed by atoms with van der Waals surface area (Å²) in [6.45, 7) is 4.57. The first-order valence-electron chi connectivity index (χ1n) is 15.3. The van der Waals surface area contributed by atoms with Crippen LogP contribution in [0.15, 0.2) is 65.6 Å². The van der Waals surface area contributed by atoms with E-state index < -0.39 is 23.0 Å². The molecule has 0 saturated carbocycles. The number of hydrogen-bond donors (Lipinski definition) is 0. The summed E-state index contributed by atoms with van der Waals surface area (Å²) < 4.78 is 47.2. The molecular formula is C35H39BrF2N2O5. The number of hydrogen-bond acceptors (Lipinski definition) is 5. The number of carbonyl (C=O) groups excluding carboxylic acids is 1. The van der Waals surface area contributed by atoms with E-state index >= 15 is 0 Å². The Hall–Kier alpha value is -3.92. The first kappa shape index (κ1) is 34.0. The maximum Gasteiger partial charge on any atom is 0.263 e. The van der Waals surface area contributed by atoms with Crippen molar-refractivity contribution >= 4 is 38.4 Å². The molecular weight excluding hydrogens is 646 g/mol. The van der Waals surface area contributed by atoms with Crippen LogP contribution in [0.2, 0.25) is 0 Å². The number of halogens is 3. The van der Waals surface area contributed by atoms with Gasteiger partial charge in [-0.15, -0.1) is 0 Å². The Balaban J connectivity index is 1.77. The molecule has 0 aliphatic rings. The van der Waals surface area contributed by atoms with Crippen molar-refractivity contribution in [1.82, 2.24) is 4.57 Å². The van der Waals surface area contributed by atoms with Gasteiger partial charge in [-0.05, 0) is 51.0 Å². The Labute approximate surface area is 270 Å². The number of benzene rings is 3. The molecule has 0 spiro atoms. The van der Waals surface area contributed by atoms with Crippen molar-refractivity contribution in [3.63, 3.8) is 0 Å². The topological polar surface area (TPSA) is 70.0 Å². The molecule has 0 radical (unpaired) electrons. The predicted octanol–water partition coefficient (Wildman–Crippen LogP) is 8.46. The van der Waals surface area contributed by atoms with Crippen LogP contribution in [0.4, 0.5) is 14.5 Å². The fraction of sp³-hybridized carbons (Fsp3) is 0.371. The maximum absolute atomic E-state index is 14.1. The number of anilines is 1. The molecule has 0 bridgehead atoms. The van der Waals surface area contributed by atoms with E-state index in [1.54, 1.807) is 47.9 Å². The van der Waals surface area contributed by atoms with Gasteiger partial charge in [-0.25, -0.2) is 8.78 Å². The fourth-order valence-corrected chi connectivity index (χ4v) is 5.60. The van der Waals surface area contributed by atoms with Gasteiger partial charge in [-0.2, -0.15) is 0 Å². The number of ether oxygens (including phenoxy) is 3. The molecule has 0 aliphatic carbocycles. The van der Waals surface area contributed by atoms with E-state index in [0.717, 1.165) is 42.8 Å². The molecule has 3 aromatic carbocycles. The molecule has 0 atom stereocenters. The summed E-state index contributed by atoms with van der Waals surface area (Å²) in [7, 11) is 1.54. The number of amides is 1. The van der Waals surface area contributed by atoms with Crippen molar-refractivity contribution in [2.45, 2.75) is 52.4 Å². The van der Waals surface area contributed by atoms with Gasteiger partial charge in [0.15, 0.2) is 0 Å². The van der Waals surface area contributed by atoms with Crippen LogP contribution in [0.1, 0.15) is 62.7 Å². The fourth-order valence-electron chi connectivity index (χ4n) is 5.20. The van der Waals surface area contributed by atoms with Crippen LogP contribution in [-0.2, 0) is 0 Å². The third kappa shape index (κ3) is 8.63. The number of fused-ring (bicyclic) bond motifs is 1. The lowest BCUT2D eigenvalue weighted by molar-refractivity contribution is 0.0987. The Kier molecular flexibility index (Phi) is 12.4. The predicted molar refractivity (Wildman–Crippen MR) is 178 cm³/mol. The van der Waals surface area contributed by atoms with Crippen molar-refractivity contribution in [1.29, 1.82) is 0 Å². The number of nitrogens with zero attached hydrogens (tertiary/aromatic N) is 2. The SMILES string of the molecule is CCOc1cc(OC)cc(-n2cc(C(=O)N(CC)c3cc(F)cc(F)c3)c(=O)c3ccc(OCCCCCCCCBr)cc32)c1. The van der Waals surface area contributed by atoms with Crippen molar-refractivity contribution in [3.8, 4) is 22.9 Å². The highest BCUT2D eigenvalue weighted by Gasteiger charge is 2.24. The van der Waals surface area contributed by atoms with Crippen molar-refractivity contribution in [2.75, 3.05) is 37.1 Å². The summed E-state index contributed by atoms with van der Waals surface area (Å²) in [6, 6.07) is 13.3. The van der Waals surface area contributed by atoms with Crippen LogP contribution < -0.4 is 24.5 Å². The average molecular weight is 686 g/mol. The number of carbonyl (C=O) groups is 1. The largest absolute Gasteiger partial charge is 0.497 e. The molecule has 1 amide bonds. The zero-order valence-corrected chi connectivity index (χ0v) is 27.5. The van der Waals surface area contributed by atoms with Crippen LogP contribution in [0.25, 0.3) is 16.6 Å². The molecule has 1 heterocycles. The summed E-state index contributed by atoms with van der Waals surface area (Å²) in [5.41, 5.74) is 0.433. The maximum atomic E-state index is 14.1. The summed E-state index contributed by atoms with van der Waals surface area (Å²) >= 11 is 3.47. The molecule has 0 saturated heterocycles. The third-order valence-corrected chi connectivity index (χ3v) is 7.97. The van der Waals surface area contributed by atoms with Gasteiger partial charge in [0.1, 0.15) is 34.4 Å². The Morgan fingerprint density at radius 1 is 0.844 bits per heavy atom. The molecule has 10 heteroatoms. The summed E-state index contributed by atoms with van der Waals surface area (Å²) in [4.78, 5) is 28.9. The molecule has 0 aliphatic heterocycles. The minimum absolute atomic E-state index is 0.0120. The highest BCUT2D eigenvalue weighted by Crippen LogP contribution is 2.30. The average Bonchev–Trinajstić information content (AvgIpc) is 3.02. The summed E-state index contributed by atoms with van der Waals surface area (Å²) in [5, 5.41) is 1.31. The molecule has 4 aromatic rings. The molecule has 1 aromatic heterocycles.